The van der Waals surface area contributed by atoms with Gasteiger partial charge in [0.05, 0.1) is 16.5 Å². The number of nitrogens with one attached hydrogen (secondary N) is 1. The van der Waals surface area contributed by atoms with Gasteiger partial charge >= 0.3 is 11.9 Å². The van der Waals surface area contributed by atoms with E-state index in [0.29, 0.717) is 12.1 Å². The number of likely N-dealkylation sites (N-methyl/N-ethyl adjacent to an activating group) is 1. The van der Waals surface area contributed by atoms with Gasteiger partial charge in [-0.3, -0.25) is 14.3 Å². The molecule has 1 aliphatic rings. The Morgan fingerprint density at radius 2 is 1.87 bits per heavy atom. The fourth-order valence-corrected chi connectivity index (χ4v) is 5.16. The zero-order valence-corrected chi connectivity index (χ0v) is 17.1. The van der Waals surface area contributed by atoms with Crippen molar-refractivity contribution >= 4 is 22.7 Å². The van der Waals surface area contributed by atoms with Crippen LogP contribution in [-0.2, 0) is 12.7 Å². The molecule has 3 aromatic rings. The van der Waals surface area contributed by atoms with E-state index in [0.717, 1.165) is 23.9 Å². The lowest BCUT2D eigenvalue weighted by molar-refractivity contribution is -0.137. The second-order valence-corrected chi connectivity index (χ2v) is 8.47. The molecular weight excluding hydrogens is 441 g/mol. The molecule has 0 unspecified atom stereocenters. The standard InChI is InChI=1S/C20H16F5N3O2S/c1-27(2)10-7-28-16-12(18(29)26-19(28)30)6-13(20(23,24)25)15(17(16)31-8-10)11-4-3-9(21)5-14(11)22/h3-6,10H,7-8H2,1-2H3,(H,26,29,30)/t10-/m1/s1. The van der Waals surface area contributed by atoms with E-state index in [9.17, 15) is 31.5 Å². The Kier molecular flexibility index (Phi) is 5.21. The van der Waals surface area contributed by atoms with Crippen LogP contribution in [0, 0.1) is 11.6 Å². The van der Waals surface area contributed by atoms with Crippen molar-refractivity contribution in [3.63, 3.8) is 0 Å². The Hall–Kier alpha value is -2.66. The van der Waals surface area contributed by atoms with Gasteiger partial charge in [-0.2, -0.15) is 13.2 Å². The lowest BCUT2D eigenvalue weighted by atomic mass is 9.96. The molecule has 0 fully saturated rings. The molecular formula is C20H16F5N3O2S. The summed E-state index contributed by atoms with van der Waals surface area (Å²) in [7, 11) is 3.52. The van der Waals surface area contributed by atoms with Gasteiger partial charge in [-0.1, -0.05) is 0 Å². The largest absolute Gasteiger partial charge is 0.417 e. The minimum Gasteiger partial charge on any atom is -0.304 e. The van der Waals surface area contributed by atoms with Crippen molar-refractivity contribution in [3.05, 3.63) is 62.3 Å². The van der Waals surface area contributed by atoms with Gasteiger partial charge in [0.25, 0.3) is 5.56 Å². The first-order chi connectivity index (χ1) is 14.5. The van der Waals surface area contributed by atoms with Crippen LogP contribution in [0.3, 0.4) is 0 Å². The Morgan fingerprint density at radius 3 is 2.48 bits per heavy atom. The number of aromatic amines is 1. The van der Waals surface area contributed by atoms with Gasteiger partial charge in [0.1, 0.15) is 11.6 Å². The highest BCUT2D eigenvalue weighted by Crippen LogP contribution is 2.47. The van der Waals surface area contributed by atoms with E-state index >= 15 is 0 Å². The average molecular weight is 457 g/mol. The molecule has 4 rings (SSSR count). The number of aromatic nitrogens is 2. The normalized spacial score (nSPS) is 16.7. The third-order valence-electron chi connectivity index (χ3n) is 5.28. The minimum atomic E-state index is -4.93. The molecule has 31 heavy (non-hydrogen) atoms. The van der Waals surface area contributed by atoms with Gasteiger partial charge in [-0.05, 0) is 32.3 Å². The van der Waals surface area contributed by atoms with Crippen molar-refractivity contribution < 1.29 is 22.0 Å². The summed E-state index contributed by atoms with van der Waals surface area (Å²) in [6.45, 7) is 0.121. The van der Waals surface area contributed by atoms with Crippen LogP contribution in [0.1, 0.15) is 5.56 Å². The minimum absolute atomic E-state index is 0.00910. The Labute approximate surface area is 176 Å². The number of halogens is 5. The SMILES string of the molecule is CN(C)[C@H]1CSc2c(-c3ccc(F)cc3F)c(C(F)(F)F)cc3c(=O)[nH]c(=O)n(c23)C1. The lowest BCUT2D eigenvalue weighted by Gasteiger charge is -2.22. The molecule has 0 saturated carbocycles. The molecule has 2 heterocycles. The summed E-state index contributed by atoms with van der Waals surface area (Å²) in [5.74, 6) is -1.82. The van der Waals surface area contributed by atoms with Crippen LogP contribution >= 0.6 is 11.8 Å². The summed E-state index contributed by atoms with van der Waals surface area (Å²) in [5, 5.41) is -0.319. The van der Waals surface area contributed by atoms with Crippen LogP contribution in [0.5, 0.6) is 0 Å². The molecule has 5 nitrogen and oxygen atoms in total. The van der Waals surface area contributed by atoms with Crippen molar-refractivity contribution in [3.8, 4) is 11.1 Å². The van der Waals surface area contributed by atoms with Gasteiger partial charge in [-0.25, -0.2) is 13.6 Å². The van der Waals surface area contributed by atoms with E-state index in [2.05, 4.69) is 4.98 Å². The number of benzene rings is 2. The van der Waals surface area contributed by atoms with Crippen molar-refractivity contribution in [2.45, 2.75) is 23.7 Å². The molecule has 1 aromatic heterocycles. The molecule has 0 bridgehead atoms. The maximum absolute atomic E-state index is 14.6. The number of hydrogen-bond donors (Lipinski definition) is 1. The van der Waals surface area contributed by atoms with E-state index in [1.54, 1.807) is 14.1 Å². The Balaban J connectivity index is 2.20. The van der Waals surface area contributed by atoms with Crippen LogP contribution < -0.4 is 11.2 Å². The average Bonchev–Trinajstić information content (AvgIpc) is 2.86. The van der Waals surface area contributed by atoms with Crippen molar-refractivity contribution in [2.75, 3.05) is 19.8 Å². The van der Waals surface area contributed by atoms with Crippen molar-refractivity contribution in [1.29, 1.82) is 0 Å². The number of hydrogen-bond acceptors (Lipinski definition) is 4. The zero-order valence-electron chi connectivity index (χ0n) is 16.3. The number of alkyl halides is 3. The van der Waals surface area contributed by atoms with Crippen LogP contribution in [0.15, 0.2) is 38.8 Å². The summed E-state index contributed by atoms with van der Waals surface area (Å²) in [6.07, 6.45) is -4.93. The number of nitrogens with zero attached hydrogens (tertiary/aromatic N) is 2. The Bertz CT molecular complexity index is 1310. The molecule has 2 aromatic carbocycles. The summed E-state index contributed by atoms with van der Waals surface area (Å²) in [5.41, 5.74) is -3.92. The topological polar surface area (TPSA) is 58.1 Å². The molecule has 0 radical (unpaired) electrons. The molecule has 1 aliphatic heterocycles. The predicted molar refractivity (Wildman–Crippen MR) is 107 cm³/mol. The van der Waals surface area contributed by atoms with Gasteiger partial charge in [0.15, 0.2) is 0 Å². The molecule has 0 spiro atoms. The van der Waals surface area contributed by atoms with E-state index in [1.807, 2.05) is 4.90 Å². The lowest BCUT2D eigenvalue weighted by Crippen LogP contribution is -2.39. The monoisotopic (exact) mass is 457 g/mol. The van der Waals surface area contributed by atoms with E-state index < -0.39 is 45.8 Å². The molecule has 11 heteroatoms. The number of H-pyrrole nitrogens is 1. The third kappa shape index (κ3) is 3.65. The van der Waals surface area contributed by atoms with Gasteiger partial charge in [0.2, 0.25) is 0 Å². The van der Waals surface area contributed by atoms with E-state index in [4.69, 9.17) is 0 Å². The van der Waals surface area contributed by atoms with Crippen LogP contribution in [0.25, 0.3) is 22.0 Å². The fourth-order valence-electron chi connectivity index (χ4n) is 3.68. The van der Waals surface area contributed by atoms with Crippen molar-refractivity contribution in [2.24, 2.45) is 0 Å². The van der Waals surface area contributed by atoms with E-state index in [-0.39, 0.29) is 34.1 Å². The molecule has 0 saturated heterocycles. The second kappa shape index (κ2) is 7.49. The summed E-state index contributed by atoms with van der Waals surface area (Å²) in [4.78, 5) is 28.8. The second-order valence-electron chi connectivity index (χ2n) is 7.44. The molecule has 164 valence electrons. The highest BCUT2D eigenvalue weighted by Gasteiger charge is 2.38. The van der Waals surface area contributed by atoms with Crippen molar-refractivity contribution in [1.82, 2.24) is 14.5 Å². The summed E-state index contributed by atoms with van der Waals surface area (Å²) >= 11 is 1.01. The Morgan fingerprint density at radius 1 is 1.16 bits per heavy atom. The maximum Gasteiger partial charge on any atom is 0.417 e. The highest BCUT2D eigenvalue weighted by molar-refractivity contribution is 7.99. The highest BCUT2D eigenvalue weighted by atomic mass is 32.2. The van der Waals surface area contributed by atoms with Gasteiger partial charge in [-0.15, -0.1) is 11.8 Å². The van der Waals surface area contributed by atoms with E-state index in [1.165, 1.54) is 4.57 Å². The molecule has 0 aliphatic carbocycles. The smallest absolute Gasteiger partial charge is 0.304 e. The number of rotatable bonds is 2. The van der Waals surface area contributed by atoms with Crippen LogP contribution in [0.2, 0.25) is 0 Å². The molecule has 0 amide bonds. The molecule has 1 atom stereocenters. The van der Waals surface area contributed by atoms with Gasteiger partial charge < -0.3 is 4.90 Å². The first-order valence-electron chi connectivity index (χ1n) is 9.14. The van der Waals surface area contributed by atoms with Crippen LogP contribution in [-0.4, -0.2) is 40.3 Å². The maximum atomic E-state index is 14.6. The first kappa shape index (κ1) is 21.6. The third-order valence-corrected chi connectivity index (χ3v) is 6.52. The number of thioether (sulfide) groups is 1. The quantitative estimate of drug-likeness (QED) is 0.597. The summed E-state index contributed by atoms with van der Waals surface area (Å²) < 4.78 is 71.4. The first-order valence-corrected chi connectivity index (χ1v) is 10.1. The zero-order chi connectivity index (χ0) is 22.7. The van der Waals surface area contributed by atoms with Gasteiger partial charge in [0, 0.05) is 40.4 Å². The molecule has 1 N–H and O–H groups in total. The van der Waals surface area contributed by atoms with Crippen LogP contribution in [0.4, 0.5) is 22.0 Å². The summed E-state index contributed by atoms with van der Waals surface area (Å²) in [6, 6.07) is 2.68. The predicted octanol–water partition coefficient (Wildman–Crippen LogP) is 3.69. The fraction of sp³-hybridized carbons (Fsp3) is 0.300.